The van der Waals surface area contributed by atoms with Crippen LogP contribution in [0.15, 0.2) is 29.2 Å². The molecule has 1 amide bonds. The molecule has 23 heavy (non-hydrogen) atoms. The molecule has 0 radical (unpaired) electrons. The van der Waals surface area contributed by atoms with Crippen LogP contribution >= 0.6 is 0 Å². The van der Waals surface area contributed by atoms with Gasteiger partial charge < -0.3 is 11.5 Å². The molecule has 3 heterocycles. The van der Waals surface area contributed by atoms with Crippen LogP contribution < -0.4 is 21.6 Å². The summed E-state index contributed by atoms with van der Waals surface area (Å²) in [6.45, 7) is 4.41. The molecule has 0 aliphatic carbocycles. The number of rotatable bonds is 3. The fraction of sp³-hybridized carbons (Fsp3) is 0.250. The van der Waals surface area contributed by atoms with Crippen LogP contribution in [-0.2, 0) is 6.54 Å². The second kappa shape index (κ2) is 5.35. The number of amides is 1. The van der Waals surface area contributed by atoms with Crippen LogP contribution in [-0.4, -0.2) is 15.3 Å². The van der Waals surface area contributed by atoms with Crippen molar-refractivity contribution in [1.82, 2.24) is 9.38 Å². The van der Waals surface area contributed by atoms with Gasteiger partial charge in [0.1, 0.15) is 10.9 Å². The van der Waals surface area contributed by atoms with E-state index in [1.807, 2.05) is 19.9 Å². The van der Waals surface area contributed by atoms with Crippen molar-refractivity contribution in [1.29, 1.82) is 0 Å². The Kier molecular flexibility index (Phi) is 3.48. The molecule has 3 aromatic rings. The number of primary amides is 1. The zero-order valence-electron chi connectivity index (χ0n) is 13.0. The van der Waals surface area contributed by atoms with Gasteiger partial charge in [0.05, 0.1) is 6.54 Å². The molecule has 0 fully saturated rings. The summed E-state index contributed by atoms with van der Waals surface area (Å²) in [5.74, 6) is -0.431. The lowest BCUT2D eigenvalue weighted by Crippen LogP contribution is -2.42. The standard InChI is InChI=1S/C16H17N5O2/c1-3-6-20-12(17)10(13(18)22)8-11-15(20)19-14-9(2)5-4-7-21(14)16(11)23/h4-5,7-8,17H,3,6H2,1-2H3,(H2,18,22)/p+1. The highest BCUT2D eigenvalue weighted by Crippen LogP contribution is 2.15. The molecule has 0 aliphatic heterocycles. The van der Waals surface area contributed by atoms with Crippen LogP contribution in [0, 0.1) is 6.92 Å². The number of fused-ring (bicyclic) bond motifs is 2. The Labute approximate surface area is 132 Å². The van der Waals surface area contributed by atoms with Crippen molar-refractivity contribution in [3.63, 3.8) is 0 Å². The minimum absolute atomic E-state index is 0.137. The molecule has 0 saturated heterocycles. The number of nitrogens with zero attached hydrogens (tertiary/aromatic N) is 3. The van der Waals surface area contributed by atoms with Gasteiger partial charge in [-0.2, -0.15) is 0 Å². The monoisotopic (exact) mass is 312 g/mol. The molecule has 0 aromatic carbocycles. The number of hydrogen-bond donors (Lipinski definition) is 2. The quantitative estimate of drug-likeness (QED) is 0.543. The van der Waals surface area contributed by atoms with E-state index in [2.05, 4.69) is 4.98 Å². The fourth-order valence-electron chi connectivity index (χ4n) is 2.76. The molecule has 0 saturated carbocycles. The maximum Gasteiger partial charge on any atom is 0.278 e. The van der Waals surface area contributed by atoms with Crippen LogP contribution in [0.1, 0.15) is 29.3 Å². The van der Waals surface area contributed by atoms with E-state index in [-0.39, 0.29) is 16.9 Å². The van der Waals surface area contributed by atoms with Gasteiger partial charge in [-0.1, -0.05) is 18.0 Å². The molecule has 0 atom stereocenters. The smallest absolute Gasteiger partial charge is 0.278 e. The molecule has 7 nitrogen and oxygen atoms in total. The maximum atomic E-state index is 12.8. The van der Waals surface area contributed by atoms with Gasteiger partial charge >= 0.3 is 0 Å². The lowest BCUT2D eigenvalue weighted by Gasteiger charge is -2.10. The molecular weight excluding hydrogens is 294 g/mol. The van der Waals surface area contributed by atoms with E-state index in [0.717, 1.165) is 12.0 Å². The number of aromatic nitrogens is 3. The number of nitrogens with two attached hydrogens (primary N) is 2. The minimum atomic E-state index is -0.664. The van der Waals surface area contributed by atoms with Crippen molar-refractivity contribution >= 4 is 28.4 Å². The van der Waals surface area contributed by atoms with Crippen LogP contribution in [0.2, 0.25) is 0 Å². The lowest BCUT2D eigenvalue weighted by atomic mass is 10.1. The van der Waals surface area contributed by atoms with E-state index in [4.69, 9.17) is 11.5 Å². The van der Waals surface area contributed by atoms with Crippen LogP contribution in [0.25, 0.3) is 16.7 Å². The average Bonchev–Trinajstić information content (AvgIpc) is 2.51. The van der Waals surface area contributed by atoms with Gasteiger partial charge in [0.15, 0.2) is 0 Å². The van der Waals surface area contributed by atoms with E-state index in [1.165, 1.54) is 10.5 Å². The molecule has 0 unspecified atom stereocenters. The zero-order valence-corrected chi connectivity index (χ0v) is 13.0. The normalized spacial score (nSPS) is 11.2. The summed E-state index contributed by atoms with van der Waals surface area (Å²) < 4.78 is 3.15. The highest BCUT2D eigenvalue weighted by atomic mass is 16.1. The Bertz CT molecular complexity index is 1010. The number of nitrogen functional groups attached to an aromatic ring is 1. The highest BCUT2D eigenvalue weighted by Gasteiger charge is 2.23. The average molecular weight is 312 g/mol. The first-order valence-corrected chi connectivity index (χ1v) is 7.39. The van der Waals surface area contributed by atoms with Crippen molar-refractivity contribution in [2.45, 2.75) is 26.8 Å². The van der Waals surface area contributed by atoms with Gasteiger partial charge in [0, 0.05) is 11.8 Å². The van der Waals surface area contributed by atoms with Gasteiger partial charge in [-0.3, -0.25) is 14.0 Å². The second-order valence-corrected chi connectivity index (χ2v) is 5.50. The van der Waals surface area contributed by atoms with Crippen molar-refractivity contribution in [3.8, 4) is 0 Å². The molecule has 0 spiro atoms. The van der Waals surface area contributed by atoms with Crippen LogP contribution in [0.4, 0.5) is 5.82 Å². The molecule has 0 aliphatic rings. The Morgan fingerprint density at radius 3 is 2.83 bits per heavy atom. The summed E-state index contributed by atoms with van der Waals surface area (Å²) in [6, 6.07) is 5.10. The third-order valence-corrected chi connectivity index (χ3v) is 3.89. The highest BCUT2D eigenvalue weighted by molar-refractivity contribution is 5.99. The van der Waals surface area contributed by atoms with E-state index in [0.29, 0.717) is 23.2 Å². The molecule has 7 heteroatoms. The minimum Gasteiger partial charge on any atom is -0.365 e. The summed E-state index contributed by atoms with van der Waals surface area (Å²) in [7, 11) is 0. The van der Waals surface area contributed by atoms with Crippen LogP contribution in [0.3, 0.4) is 0 Å². The Morgan fingerprint density at radius 1 is 1.43 bits per heavy atom. The van der Waals surface area contributed by atoms with Gasteiger partial charge in [-0.15, -0.1) is 0 Å². The second-order valence-electron chi connectivity index (χ2n) is 5.50. The first-order chi connectivity index (χ1) is 11.0. The number of carbonyl (C=O) groups excluding carboxylic acids is 1. The van der Waals surface area contributed by atoms with Gasteiger partial charge in [-0.25, -0.2) is 4.57 Å². The first kappa shape index (κ1) is 15.0. The maximum absolute atomic E-state index is 12.8. The Morgan fingerprint density at radius 2 is 2.17 bits per heavy atom. The summed E-state index contributed by atoms with van der Waals surface area (Å²) in [5.41, 5.74) is 13.3. The fourth-order valence-corrected chi connectivity index (χ4v) is 2.76. The van der Waals surface area contributed by atoms with E-state index in [9.17, 15) is 9.59 Å². The van der Waals surface area contributed by atoms with E-state index < -0.39 is 5.91 Å². The van der Waals surface area contributed by atoms with Crippen molar-refractivity contribution < 1.29 is 9.36 Å². The molecular formula is C16H18N5O2+. The lowest BCUT2D eigenvalue weighted by molar-refractivity contribution is -0.658. The number of anilines is 1. The zero-order chi connectivity index (χ0) is 16.7. The molecule has 3 rings (SSSR count). The third kappa shape index (κ3) is 2.21. The van der Waals surface area contributed by atoms with Gasteiger partial charge in [0.2, 0.25) is 11.5 Å². The Balaban J connectivity index is 2.57. The molecule has 3 aromatic heterocycles. The predicted molar refractivity (Wildman–Crippen MR) is 87.1 cm³/mol. The van der Waals surface area contributed by atoms with Gasteiger partial charge in [0.25, 0.3) is 17.1 Å². The molecule has 0 bridgehead atoms. The molecule has 118 valence electrons. The number of hydrogen-bond acceptors (Lipinski definition) is 4. The van der Waals surface area contributed by atoms with Gasteiger partial charge in [-0.05, 0) is 25.5 Å². The summed E-state index contributed by atoms with van der Waals surface area (Å²) in [4.78, 5) is 29.1. The van der Waals surface area contributed by atoms with Crippen molar-refractivity contribution in [2.75, 3.05) is 5.73 Å². The third-order valence-electron chi connectivity index (χ3n) is 3.89. The first-order valence-electron chi connectivity index (χ1n) is 7.39. The number of aryl methyl sites for hydroxylation is 2. The van der Waals surface area contributed by atoms with Crippen molar-refractivity contribution in [3.05, 3.63) is 45.9 Å². The van der Waals surface area contributed by atoms with Crippen molar-refractivity contribution in [2.24, 2.45) is 5.73 Å². The largest absolute Gasteiger partial charge is 0.365 e. The molecule has 4 N–H and O–H groups in total. The van der Waals surface area contributed by atoms with E-state index in [1.54, 1.807) is 16.8 Å². The summed E-state index contributed by atoms with van der Waals surface area (Å²) in [6.07, 6.45) is 2.43. The topological polar surface area (TPSA) is 107 Å². The summed E-state index contributed by atoms with van der Waals surface area (Å²) >= 11 is 0. The van der Waals surface area contributed by atoms with Crippen LogP contribution in [0.5, 0.6) is 0 Å². The summed E-state index contributed by atoms with van der Waals surface area (Å²) in [5, 5.41) is 0.324. The number of carbonyl (C=O) groups is 1. The Hall–Kier alpha value is -2.96. The number of pyridine rings is 2. The van der Waals surface area contributed by atoms with E-state index >= 15 is 0 Å². The SMILES string of the molecule is CCC[n+]1c(N)c(C(N)=O)cc2c(=O)n3cccc(C)c3nc21. The predicted octanol–water partition coefficient (Wildman–Crippen LogP) is 0.535.